The van der Waals surface area contributed by atoms with E-state index < -0.39 is 0 Å². The van der Waals surface area contributed by atoms with Gasteiger partial charge in [0.25, 0.3) is 5.91 Å². The molecule has 1 fully saturated rings. The first-order chi connectivity index (χ1) is 15.0. The van der Waals surface area contributed by atoms with Crippen molar-refractivity contribution in [2.24, 2.45) is 5.92 Å². The summed E-state index contributed by atoms with van der Waals surface area (Å²) in [6.45, 7) is 2.79. The molecule has 0 spiro atoms. The monoisotopic (exact) mass is 424 g/mol. The summed E-state index contributed by atoms with van der Waals surface area (Å²) in [5.41, 5.74) is 3.38. The number of ether oxygens (including phenoxy) is 1. The summed E-state index contributed by atoms with van der Waals surface area (Å²) >= 11 is 0. The average Bonchev–Trinajstić information content (AvgIpc) is 3.60. The Morgan fingerprint density at radius 3 is 2.52 bits per heavy atom. The molecule has 0 aromatic heterocycles. The molecule has 1 saturated carbocycles. The van der Waals surface area contributed by atoms with Gasteiger partial charge in [0, 0.05) is 42.2 Å². The van der Waals surface area contributed by atoms with Gasteiger partial charge in [-0.1, -0.05) is 12.1 Å². The minimum absolute atomic E-state index is 0.0455. The highest BCUT2D eigenvalue weighted by Crippen LogP contribution is 2.31. The molecule has 8 heteroatoms. The Hall–Kier alpha value is -3.39. The third kappa shape index (κ3) is 6.55. The maximum absolute atomic E-state index is 12.4. The maximum atomic E-state index is 12.4. The number of anilines is 3. The Kier molecular flexibility index (Phi) is 7.61. The van der Waals surface area contributed by atoms with Gasteiger partial charge in [0.05, 0.1) is 13.2 Å². The molecule has 1 aliphatic rings. The van der Waals surface area contributed by atoms with Crippen LogP contribution in [0.2, 0.25) is 0 Å². The SMILES string of the molecule is COCCNC(=O)c1cccc(NC(=O)CNc2cccc(NC(=O)C3CC3)c2C)c1. The van der Waals surface area contributed by atoms with Crippen LogP contribution >= 0.6 is 0 Å². The first kappa shape index (κ1) is 22.3. The quantitative estimate of drug-likeness (QED) is 0.439. The van der Waals surface area contributed by atoms with E-state index in [1.807, 2.05) is 25.1 Å². The van der Waals surface area contributed by atoms with Crippen LogP contribution in [-0.2, 0) is 14.3 Å². The van der Waals surface area contributed by atoms with Crippen molar-refractivity contribution in [2.45, 2.75) is 19.8 Å². The van der Waals surface area contributed by atoms with Crippen LogP contribution in [0, 0.1) is 12.8 Å². The highest BCUT2D eigenvalue weighted by atomic mass is 16.5. The molecule has 8 nitrogen and oxygen atoms in total. The Morgan fingerprint density at radius 1 is 1.03 bits per heavy atom. The lowest BCUT2D eigenvalue weighted by Crippen LogP contribution is -2.27. The van der Waals surface area contributed by atoms with E-state index in [0.717, 1.165) is 29.8 Å². The number of carbonyl (C=O) groups is 3. The van der Waals surface area contributed by atoms with E-state index in [0.29, 0.717) is 24.4 Å². The molecule has 31 heavy (non-hydrogen) atoms. The second-order valence-corrected chi connectivity index (χ2v) is 7.47. The third-order valence-corrected chi connectivity index (χ3v) is 4.98. The van der Waals surface area contributed by atoms with Gasteiger partial charge in [-0.05, 0) is 55.7 Å². The Balaban J connectivity index is 1.54. The van der Waals surface area contributed by atoms with Crippen LogP contribution in [0.15, 0.2) is 42.5 Å². The summed E-state index contributed by atoms with van der Waals surface area (Å²) in [7, 11) is 1.57. The summed E-state index contributed by atoms with van der Waals surface area (Å²) in [6, 6.07) is 12.3. The van der Waals surface area contributed by atoms with Crippen molar-refractivity contribution in [3.63, 3.8) is 0 Å². The average molecular weight is 425 g/mol. The summed E-state index contributed by atoms with van der Waals surface area (Å²) in [6.07, 6.45) is 1.89. The Bertz CT molecular complexity index is 956. The van der Waals surface area contributed by atoms with Crippen LogP contribution in [-0.4, -0.2) is 44.5 Å². The molecule has 0 bridgehead atoms. The molecule has 0 atom stereocenters. The van der Waals surface area contributed by atoms with Gasteiger partial charge in [0.15, 0.2) is 0 Å². The third-order valence-electron chi connectivity index (χ3n) is 4.98. The lowest BCUT2D eigenvalue weighted by Gasteiger charge is -2.14. The van der Waals surface area contributed by atoms with Gasteiger partial charge < -0.3 is 26.0 Å². The lowest BCUT2D eigenvalue weighted by molar-refractivity contribution is -0.117. The Morgan fingerprint density at radius 2 is 1.77 bits per heavy atom. The van der Waals surface area contributed by atoms with E-state index in [9.17, 15) is 14.4 Å². The number of methoxy groups -OCH3 is 1. The standard InChI is InChI=1S/C23H28N4O4/c1-15-19(7-4-8-20(15)27-23(30)16-9-10-16)25-14-21(28)26-18-6-3-5-17(13-18)22(29)24-11-12-31-2/h3-8,13,16,25H,9-12,14H2,1-2H3,(H,24,29)(H,26,28)(H,27,30). The van der Waals surface area contributed by atoms with E-state index in [4.69, 9.17) is 4.74 Å². The number of amides is 3. The fourth-order valence-corrected chi connectivity index (χ4v) is 3.03. The van der Waals surface area contributed by atoms with E-state index in [1.54, 1.807) is 31.4 Å². The predicted molar refractivity (Wildman–Crippen MR) is 120 cm³/mol. The smallest absolute Gasteiger partial charge is 0.251 e. The van der Waals surface area contributed by atoms with Gasteiger partial charge in [-0.3, -0.25) is 14.4 Å². The van der Waals surface area contributed by atoms with Gasteiger partial charge in [0.2, 0.25) is 11.8 Å². The number of hydrogen-bond donors (Lipinski definition) is 4. The zero-order chi connectivity index (χ0) is 22.2. The summed E-state index contributed by atoms with van der Waals surface area (Å²) < 4.78 is 4.92. The first-order valence-corrected chi connectivity index (χ1v) is 10.3. The summed E-state index contributed by atoms with van der Waals surface area (Å²) in [4.78, 5) is 36.6. The second-order valence-electron chi connectivity index (χ2n) is 7.47. The van der Waals surface area contributed by atoms with Gasteiger partial charge in [-0.2, -0.15) is 0 Å². The molecule has 3 rings (SSSR count). The van der Waals surface area contributed by atoms with Crippen LogP contribution in [0.25, 0.3) is 0 Å². The fraction of sp³-hybridized carbons (Fsp3) is 0.348. The van der Waals surface area contributed by atoms with Gasteiger partial charge in [0.1, 0.15) is 0 Å². The number of rotatable bonds is 10. The fourth-order valence-electron chi connectivity index (χ4n) is 3.03. The van der Waals surface area contributed by atoms with Crippen molar-refractivity contribution in [1.82, 2.24) is 5.32 Å². The molecule has 0 unspecified atom stereocenters. The van der Waals surface area contributed by atoms with Crippen molar-refractivity contribution in [3.8, 4) is 0 Å². The van der Waals surface area contributed by atoms with Crippen LogP contribution < -0.4 is 21.3 Å². The molecule has 3 amide bonds. The molecule has 2 aromatic carbocycles. The molecule has 1 aliphatic carbocycles. The van der Waals surface area contributed by atoms with Crippen molar-refractivity contribution < 1.29 is 19.1 Å². The number of hydrogen-bond acceptors (Lipinski definition) is 5. The molecule has 4 N–H and O–H groups in total. The Labute approximate surface area is 181 Å². The molecule has 0 radical (unpaired) electrons. The largest absolute Gasteiger partial charge is 0.383 e. The summed E-state index contributed by atoms with van der Waals surface area (Å²) in [5.74, 6) is -0.306. The van der Waals surface area contributed by atoms with E-state index in [-0.39, 0.29) is 30.2 Å². The number of nitrogens with one attached hydrogen (secondary N) is 4. The minimum atomic E-state index is -0.247. The lowest BCUT2D eigenvalue weighted by atomic mass is 10.1. The molecule has 0 heterocycles. The molecule has 0 saturated heterocycles. The van der Waals surface area contributed by atoms with Gasteiger partial charge >= 0.3 is 0 Å². The summed E-state index contributed by atoms with van der Waals surface area (Å²) in [5, 5.41) is 11.6. The van der Waals surface area contributed by atoms with E-state index in [2.05, 4.69) is 21.3 Å². The number of benzene rings is 2. The number of carbonyl (C=O) groups excluding carboxylic acids is 3. The predicted octanol–water partition coefficient (Wildman–Crippen LogP) is 2.77. The van der Waals surface area contributed by atoms with E-state index in [1.165, 1.54) is 0 Å². The molecular weight excluding hydrogens is 396 g/mol. The van der Waals surface area contributed by atoms with Gasteiger partial charge in [-0.25, -0.2) is 0 Å². The van der Waals surface area contributed by atoms with Crippen LogP contribution in [0.3, 0.4) is 0 Å². The molecular formula is C23H28N4O4. The highest BCUT2D eigenvalue weighted by molar-refractivity contribution is 5.98. The van der Waals surface area contributed by atoms with Crippen LogP contribution in [0.1, 0.15) is 28.8 Å². The normalized spacial score (nSPS) is 12.7. The van der Waals surface area contributed by atoms with E-state index >= 15 is 0 Å². The minimum Gasteiger partial charge on any atom is -0.383 e. The van der Waals surface area contributed by atoms with Crippen molar-refractivity contribution in [2.75, 3.05) is 42.8 Å². The van der Waals surface area contributed by atoms with Crippen LogP contribution in [0.5, 0.6) is 0 Å². The van der Waals surface area contributed by atoms with Crippen LogP contribution in [0.4, 0.5) is 17.1 Å². The zero-order valence-electron chi connectivity index (χ0n) is 17.8. The van der Waals surface area contributed by atoms with Crippen molar-refractivity contribution in [1.29, 1.82) is 0 Å². The topological polar surface area (TPSA) is 109 Å². The maximum Gasteiger partial charge on any atom is 0.251 e. The van der Waals surface area contributed by atoms with Gasteiger partial charge in [-0.15, -0.1) is 0 Å². The second kappa shape index (κ2) is 10.6. The van der Waals surface area contributed by atoms with Crippen molar-refractivity contribution in [3.05, 3.63) is 53.6 Å². The highest BCUT2D eigenvalue weighted by Gasteiger charge is 2.29. The molecule has 164 valence electrons. The van der Waals surface area contributed by atoms with Crippen molar-refractivity contribution >= 4 is 34.8 Å². The molecule has 0 aliphatic heterocycles. The molecule has 2 aromatic rings. The zero-order valence-corrected chi connectivity index (χ0v) is 17.8. The first-order valence-electron chi connectivity index (χ1n) is 10.3.